The Labute approximate surface area is 99.9 Å². The van der Waals surface area contributed by atoms with Gasteiger partial charge in [-0.3, -0.25) is 0 Å². The van der Waals surface area contributed by atoms with Crippen molar-refractivity contribution in [3.63, 3.8) is 0 Å². The summed E-state index contributed by atoms with van der Waals surface area (Å²) in [5.74, 6) is 0.865. The lowest BCUT2D eigenvalue weighted by Crippen LogP contribution is -2.46. The van der Waals surface area contributed by atoms with Crippen molar-refractivity contribution >= 4 is 0 Å². The molecule has 16 heavy (non-hydrogen) atoms. The van der Waals surface area contributed by atoms with E-state index in [0.717, 1.165) is 5.92 Å². The molecule has 0 aromatic rings. The summed E-state index contributed by atoms with van der Waals surface area (Å²) < 4.78 is 6.55. The average molecular weight is 222 g/mol. The molecule has 0 aromatic carbocycles. The van der Waals surface area contributed by atoms with Gasteiger partial charge in [0.2, 0.25) is 0 Å². The van der Waals surface area contributed by atoms with Crippen molar-refractivity contribution in [1.29, 1.82) is 0 Å². The van der Waals surface area contributed by atoms with Crippen LogP contribution in [0.5, 0.6) is 0 Å². The molecule has 2 saturated carbocycles. The summed E-state index contributed by atoms with van der Waals surface area (Å²) in [6.45, 7) is 9.80. The standard InChI is InChI=1S/C15H26O/c1-11-6-9-13(2)12(10-11)16-15(4)8-5-7-14(13,15)3/h11-12H,5-10H2,1-4H3. The molecule has 3 aliphatic rings. The van der Waals surface area contributed by atoms with E-state index in [1.165, 1.54) is 38.5 Å². The zero-order valence-corrected chi connectivity index (χ0v) is 11.3. The summed E-state index contributed by atoms with van der Waals surface area (Å²) in [6, 6.07) is 0. The Morgan fingerprint density at radius 2 is 1.81 bits per heavy atom. The zero-order chi connectivity index (χ0) is 11.6. The van der Waals surface area contributed by atoms with E-state index in [2.05, 4.69) is 27.7 Å². The molecule has 5 unspecified atom stereocenters. The highest BCUT2D eigenvalue weighted by Crippen LogP contribution is 2.69. The predicted molar refractivity (Wildman–Crippen MR) is 66.4 cm³/mol. The molecule has 5 atom stereocenters. The van der Waals surface area contributed by atoms with Gasteiger partial charge in [0.05, 0.1) is 11.7 Å². The first-order chi connectivity index (χ1) is 7.41. The molecule has 1 heterocycles. The van der Waals surface area contributed by atoms with E-state index in [9.17, 15) is 0 Å². The summed E-state index contributed by atoms with van der Waals surface area (Å²) in [6.07, 6.45) is 8.64. The van der Waals surface area contributed by atoms with E-state index < -0.39 is 0 Å². The van der Waals surface area contributed by atoms with E-state index in [-0.39, 0.29) is 5.60 Å². The lowest BCUT2D eigenvalue weighted by Gasteiger charge is -2.47. The van der Waals surface area contributed by atoms with Crippen molar-refractivity contribution in [1.82, 2.24) is 0 Å². The number of ether oxygens (including phenoxy) is 1. The summed E-state index contributed by atoms with van der Waals surface area (Å²) in [5, 5.41) is 0. The summed E-state index contributed by atoms with van der Waals surface area (Å²) >= 11 is 0. The van der Waals surface area contributed by atoms with Crippen LogP contribution in [-0.4, -0.2) is 11.7 Å². The third kappa shape index (κ3) is 1.06. The van der Waals surface area contributed by atoms with Crippen LogP contribution in [0.1, 0.15) is 66.2 Å². The number of rotatable bonds is 0. The van der Waals surface area contributed by atoms with Gasteiger partial charge in [-0.25, -0.2) is 0 Å². The maximum Gasteiger partial charge on any atom is 0.0718 e. The van der Waals surface area contributed by atoms with Crippen LogP contribution in [0, 0.1) is 16.7 Å². The molecule has 1 aliphatic heterocycles. The second kappa shape index (κ2) is 3.04. The van der Waals surface area contributed by atoms with Crippen LogP contribution < -0.4 is 0 Å². The molecular formula is C15H26O. The molecule has 3 fully saturated rings. The van der Waals surface area contributed by atoms with Crippen LogP contribution in [-0.2, 0) is 4.74 Å². The van der Waals surface area contributed by atoms with Gasteiger partial charge in [-0.2, -0.15) is 0 Å². The summed E-state index contributed by atoms with van der Waals surface area (Å²) in [5.41, 5.74) is 1.06. The first-order valence-corrected chi connectivity index (χ1v) is 7.09. The van der Waals surface area contributed by atoms with Crippen LogP contribution in [0.3, 0.4) is 0 Å². The van der Waals surface area contributed by atoms with Gasteiger partial charge in [0.15, 0.2) is 0 Å². The Morgan fingerprint density at radius 3 is 2.56 bits per heavy atom. The number of hydrogen-bond donors (Lipinski definition) is 0. The molecule has 0 N–H and O–H groups in total. The number of fused-ring (bicyclic) bond motifs is 3. The van der Waals surface area contributed by atoms with Crippen molar-refractivity contribution in [2.24, 2.45) is 16.7 Å². The second-order valence-corrected chi connectivity index (χ2v) is 7.32. The minimum Gasteiger partial charge on any atom is -0.371 e. The van der Waals surface area contributed by atoms with Crippen LogP contribution in [0.25, 0.3) is 0 Å². The van der Waals surface area contributed by atoms with Gasteiger partial charge in [0.25, 0.3) is 0 Å². The lowest BCUT2D eigenvalue weighted by atomic mass is 9.54. The molecule has 2 aliphatic carbocycles. The summed E-state index contributed by atoms with van der Waals surface area (Å²) in [7, 11) is 0. The molecular weight excluding hydrogens is 196 g/mol. The van der Waals surface area contributed by atoms with E-state index in [1.54, 1.807) is 0 Å². The van der Waals surface area contributed by atoms with Crippen molar-refractivity contribution in [2.75, 3.05) is 0 Å². The van der Waals surface area contributed by atoms with E-state index in [1.807, 2.05) is 0 Å². The molecule has 1 nitrogen and oxygen atoms in total. The van der Waals surface area contributed by atoms with E-state index in [4.69, 9.17) is 4.74 Å². The molecule has 0 aromatic heterocycles. The second-order valence-electron chi connectivity index (χ2n) is 7.32. The van der Waals surface area contributed by atoms with E-state index in [0.29, 0.717) is 16.9 Å². The highest BCUT2D eigenvalue weighted by atomic mass is 16.5. The Bertz CT molecular complexity index is 313. The van der Waals surface area contributed by atoms with Crippen molar-refractivity contribution < 1.29 is 4.74 Å². The van der Waals surface area contributed by atoms with Crippen molar-refractivity contribution in [3.8, 4) is 0 Å². The Morgan fingerprint density at radius 1 is 1.06 bits per heavy atom. The maximum absolute atomic E-state index is 6.55. The fourth-order valence-electron chi connectivity index (χ4n) is 4.97. The molecule has 1 heteroatoms. The predicted octanol–water partition coefficient (Wildman–Crippen LogP) is 4.16. The molecule has 0 amide bonds. The van der Waals surface area contributed by atoms with Crippen molar-refractivity contribution in [2.45, 2.75) is 77.9 Å². The van der Waals surface area contributed by atoms with Crippen LogP contribution in [0.15, 0.2) is 0 Å². The third-order valence-corrected chi connectivity index (χ3v) is 6.64. The van der Waals surface area contributed by atoms with Gasteiger partial charge < -0.3 is 4.74 Å². The monoisotopic (exact) mass is 222 g/mol. The van der Waals surface area contributed by atoms with Crippen LogP contribution in [0.4, 0.5) is 0 Å². The molecule has 1 saturated heterocycles. The quantitative estimate of drug-likeness (QED) is 0.598. The van der Waals surface area contributed by atoms with E-state index >= 15 is 0 Å². The van der Waals surface area contributed by atoms with Gasteiger partial charge in [-0.15, -0.1) is 0 Å². The van der Waals surface area contributed by atoms with Gasteiger partial charge in [0, 0.05) is 10.8 Å². The van der Waals surface area contributed by atoms with Gasteiger partial charge in [0.1, 0.15) is 0 Å². The molecule has 0 spiro atoms. The molecule has 92 valence electrons. The van der Waals surface area contributed by atoms with Crippen molar-refractivity contribution in [3.05, 3.63) is 0 Å². The highest BCUT2D eigenvalue weighted by Gasteiger charge is 2.68. The fourth-order valence-corrected chi connectivity index (χ4v) is 4.97. The first kappa shape index (κ1) is 11.1. The highest BCUT2D eigenvalue weighted by molar-refractivity contribution is 5.17. The van der Waals surface area contributed by atoms with Gasteiger partial charge in [-0.1, -0.05) is 20.8 Å². The normalized spacial score (nSPS) is 60.8. The Balaban J connectivity index is 2.01. The van der Waals surface area contributed by atoms with Gasteiger partial charge >= 0.3 is 0 Å². The van der Waals surface area contributed by atoms with Gasteiger partial charge in [-0.05, 0) is 51.4 Å². The smallest absolute Gasteiger partial charge is 0.0718 e. The zero-order valence-electron chi connectivity index (χ0n) is 11.3. The largest absolute Gasteiger partial charge is 0.371 e. The minimum atomic E-state index is 0.177. The average Bonchev–Trinajstić information content (AvgIpc) is 2.57. The molecule has 0 radical (unpaired) electrons. The molecule has 0 bridgehead atoms. The first-order valence-electron chi connectivity index (χ1n) is 7.09. The number of hydrogen-bond acceptors (Lipinski definition) is 1. The topological polar surface area (TPSA) is 9.23 Å². The summed E-state index contributed by atoms with van der Waals surface area (Å²) in [4.78, 5) is 0. The lowest BCUT2D eigenvalue weighted by molar-refractivity contribution is -0.0670. The SMILES string of the molecule is CC1CCC2(C)C(C1)OC1(C)CCCC12C. The molecule has 3 rings (SSSR count). The van der Waals surface area contributed by atoms with Crippen LogP contribution >= 0.6 is 0 Å². The fraction of sp³-hybridized carbons (Fsp3) is 1.00. The minimum absolute atomic E-state index is 0.177. The Hall–Kier alpha value is -0.0400. The Kier molecular flexibility index (Phi) is 2.11. The maximum atomic E-state index is 6.55. The third-order valence-electron chi connectivity index (χ3n) is 6.64. The van der Waals surface area contributed by atoms with Crippen LogP contribution in [0.2, 0.25) is 0 Å².